The van der Waals surface area contributed by atoms with Crippen LogP contribution >= 0.6 is 0 Å². The Kier molecular flexibility index (Phi) is 7.56. The number of carbonyl (C=O) groups is 2. The van der Waals surface area contributed by atoms with Gasteiger partial charge in [0.1, 0.15) is 6.54 Å². The van der Waals surface area contributed by atoms with Crippen LogP contribution in [0.5, 0.6) is 0 Å². The van der Waals surface area contributed by atoms with Crippen LogP contribution in [0, 0.1) is 17.0 Å². The number of urea groups is 1. The normalized spacial score (nSPS) is 11.0. The number of hydrogen-bond acceptors (Lipinski definition) is 5. The molecular formula is C20H20F3N3O5. The predicted octanol–water partition coefficient (Wildman–Crippen LogP) is 4.52. The Balaban J connectivity index is 2.20. The predicted molar refractivity (Wildman–Crippen MR) is 105 cm³/mol. The number of aryl methyl sites for hydroxylation is 1. The Morgan fingerprint density at radius 3 is 2.32 bits per heavy atom. The minimum absolute atomic E-state index is 0.0792. The lowest BCUT2D eigenvalue weighted by Gasteiger charge is -2.22. The zero-order chi connectivity index (χ0) is 23.2. The van der Waals surface area contributed by atoms with Gasteiger partial charge in [-0.05, 0) is 49.7 Å². The van der Waals surface area contributed by atoms with E-state index < -0.39 is 35.2 Å². The average molecular weight is 439 g/mol. The lowest BCUT2D eigenvalue weighted by molar-refractivity contribution is -0.385. The van der Waals surface area contributed by atoms with E-state index in [2.05, 4.69) is 5.32 Å². The minimum Gasteiger partial charge on any atom is -0.465 e. The Morgan fingerprint density at radius 1 is 1.16 bits per heavy atom. The van der Waals surface area contributed by atoms with Gasteiger partial charge in [-0.3, -0.25) is 14.9 Å². The highest BCUT2D eigenvalue weighted by Crippen LogP contribution is 2.30. The number of esters is 1. The van der Waals surface area contributed by atoms with Crippen LogP contribution in [-0.4, -0.2) is 35.0 Å². The molecule has 8 nitrogen and oxygen atoms in total. The van der Waals surface area contributed by atoms with E-state index >= 15 is 0 Å². The van der Waals surface area contributed by atoms with E-state index in [0.29, 0.717) is 11.1 Å². The number of amides is 2. The van der Waals surface area contributed by atoms with E-state index in [9.17, 15) is 32.9 Å². The van der Waals surface area contributed by atoms with Gasteiger partial charge in [-0.15, -0.1) is 0 Å². The maximum Gasteiger partial charge on any atom is 0.416 e. The summed E-state index contributed by atoms with van der Waals surface area (Å²) in [7, 11) is 0. The second-order valence-electron chi connectivity index (χ2n) is 6.54. The van der Waals surface area contributed by atoms with Crippen molar-refractivity contribution in [2.45, 2.75) is 26.6 Å². The van der Waals surface area contributed by atoms with E-state index in [1.165, 1.54) is 18.2 Å². The van der Waals surface area contributed by atoms with E-state index in [4.69, 9.17) is 4.74 Å². The number of nitro groups is 1. The molecule has 0 bridgehead atoms. The van der Waals surface area contributed by atoms with Crippen molar-refractivity contribution in [2.75, 3.05) is 18.5 Å². The van der Waals surface area contributed by atoms with Gasteiger partial charge in [0.25, 0.3) is 5.69 Å². The fraction of sp³-hybridized carbons (Fsp3) is 0.300. The summed E-state index contributed by atoms with van der Waals surface area (Å²) in [6, 6.07) is 7.36. The lowest BCUT2D eigenvalue weighted by atomic mass is 10.1. The van der Waals surface area contributed by atoms with Crippen molar-refractivity contribution in [1.82, 2.24) is 4.90 Å². The van der Waals surface area contributed by atoms with Gasteiger partial charge in [0.15, 0.2) is 0 Å². The molecule has 166 valence electrons. The first-order chi connectivity index (χ1) is 14.5. The minimum atomic E-state index is -4.51. The number of rotatable bonds is 7. The van der Waals surface area contributed by atoms with Crippen molar-refractivity contribution < 1.29 is 32.4 Å². The molecule has 0 saturated heterocycles. The van der Waals surface area contributed by atoms with Gasteiger partial charge in [-0.1, -0.05) is 6.07 Å². The number of nitrogens with one attached hydrogen (secondary N) is 1. The summed E-state index contributed by atoms with van der Waals surface area (Å²) >= 11 is 0. The molecule has 0 spiro atoms. The molecule has 0 aliphatic carbocycles. The van der Waals surface area contributed by atoms with E-state index in [0.717, 1.165) is 29.2 Å². The summed E-state index contributed by atoms with van der Waals surface area (Å²) in [5.41, 5.74) is 0.0496. The lowest BCUT2D eigenvalue weighted by Crippen LogP contribution is -2.39. The highest BCUT2D eigenvalue weighted by molar-refractivity contribution is 5.91. The molecule has 0 aliphatic rings. The van der Waals surface area contributed by atoms with Gasteiger partial charge < -0.3 is 15.0 Å². The van der Waals surface area contributed by atoms with E-state index in [1.807, 2.05) is 0 Å². The third-order valence-electron chi connectivity index (χ3n) is 4.21. The van der Waals surface area contributed by atoms with Crippen molar-refractivity contribution in [3.63, 3.8) is 0 Å². The van der Waals surface area contributed by atoms with Gasteiger partial charge in [0.05, 0.1) is 17.1 Å². The fourth-order valence-electron chi connectivity index (χ4n) is 2.75. The molecule has 2 amide bonds. The van der Waals surface area contributed by atoms with Crippen LogP contribution in [0.15, 0.2) is 42.5 Å². The number of benzene rings is 2. The maximum atomic E-state index is 12.7. The first-order valence-electron chi connectivity index (χ1n) is 9.14. The van der Waals surface area contributed by atoms with Crippen molar-refractivity contribution in [3.8, 4) is 0 Å². The molecule has 31 heavy (non-hydrogen) atoms. The molecule has 0 aromatic heterocycles. The monoisotopic (exact) mass is 439 g/mol. The summed E-state index contributed by atoms with van der Waals surface area (Å²) in [4.78, 5) is 36.1. The number of nitro benzene ring substituents is 1. The second kappa shape index (κ2) is 9.92. The number of halogens is 3. The Hall–Kier alpha value is -3.63. The molecule has 11 heteroatoms. The number of alkyl halides is 3. The Morgan fingerprint density at radius 2 is 1.81 bits per heavy atom. The number of nitrogens with zero attached hydrogens (tertiary/aromatic N) is 2. The average Bonchev–Trinajstić information content (AvgIpc) is 2.67. The number of carbonyl (C=O) groups excluding carboxylic acids is 2. The zero-order valence-corrected chi connectivity index (χ0v) is 16.7. The third kappa shape index (κ3) is 6.69. The van der Waals surface area contributed by atoms with E-state index in [-0.39, 0.29) is 24.5 Å². The summed E-state index contributed by atoms with van der Waals surface area (Å²) in [6.45, 7) is 2.74. The number of anilines is 1. The van der Waals surface area contributed by atoms with Gasteiger partial charge >= 0.3 is 18.2 Å². The van der Waals surface area contributed by atoms with Gasteiger partial charge in [0, 0.05) is 23.9 Å². The van der Waals surface area contributed by atoms with Gasteiger partial charge in [-0.25, -0.2) is 4.79 Å². The molecule has 2 aromatic carbocycles. The number of hydrogen-bond donors (Lipinski definition) is 1. The first kappa shape index (κ1) is 23.6. The number of ether oxygens (including phenoxy) is 1. The molecule has 2 rings (SSSR count). The SMILES string of the molecule is CCOC(=O)CN(Cc1ccc([N+](=O)[O-])c(C)c1)C(=O)Nc1ccc(C(F)(F)F)cc1. The summed E-state index contributed by atoms with van der Waals surface area (Å²) in [5.74, 6) is -0.677. The second-order valence-corrected chi connectivity index (χ2v) is 6.54. The molecule has 0 atom stereocenters. The Bertz CT molecular complexity index is 962. The third-order valence-corrected chi connectivity index (χ3v) is 4.21. The molecular weight excluding hydrogens is 419 g/mol. The van der Waals surface area contributed by atoms with Crippen LogP contribution in [0.2, 0.25) is 0 Å². The van der Waals surface area contributed by atoms with Gasteiger partial charge in [0.2, 0.25) is 0 Å². The zero-order valence-electron chi connectivity index (χ0n) is 16.7. The molecule has 0 radical (unpaired) electrons. The quantitative estimate of drug-likeness (QED) is 0.388. The fourth-order valence-corrected chi connectivity index (χ4v) is 2.75. The first-order valence-corrected chi connectivity index (χ1v) is 9.14. The van der Waals surface area contributed by atoms with Crippen molar-refractivity contribution >= 4 is 23.4 Å². The van der Waals surface area contributed by atoms with Gasteiger partial charge in [-0.2, -0.15) is 13.2 Å². The highest BCUT2D eigenvalue weighted by Gasteiger charge is 2.30. The Labute approximate surface area is 175 Å². The molecule has 0 fully saturated rings. The molecule has 1 N–H and O–H groups in total. The smallest absolute Gasteiger partial charge is 0.416 e. The summed E-state index contributed by atoms with van der Waals surface area (Å²) < 4.78 is 42.9. The van der Waals surface area contributed by atoms with Crippen LogP contribution in [0.4, 0.5) is 29.3 Å². The molecule has 2 aromatic rings. The topological polar surface area (TPSA) is 102 Å². The van der Waals surface area contributed by atoms with E-state index in [1.54, 1.807) is 13.8 Å². The molecule has 0 saturated carbocycles. The van der Waals surface area contributed by atoms with Crippen molar-refractivity contribution in [2.24, 2.45) is 0 Å². The highest BCUT2D eigenvalue weighted by atomic mass is 19.4. The largest absolute Gasteiger partial charge is 0.465 e. The molecule has 0 aliphatic heterocycles. The molecule has 0 unspecified atom stereocenters. The van der Waals surface area contributed by atoms with Crippen LogP contribution < -0.4 is 5.32 Å². The van der Waals surface area contributed by atoms with Crippen LogP contribution in [0.3, 0.4) is 0 Å². The summed E-state index contributed by atoms with van der Waals surface area (Å²) in [6.07, 6.45) is -4.51. The van der Waals surface area contributed by atoms with Crippen molar-refractivity contribution in [1.29, 1.82) is 0 Å². The van der Waals surface area contributed by atoms with Crippen LogP contribution in [0.25, 0.3) is 0 Å². The van der Waals surface area contributed by atoms with Crippen LogP contribution in [-0.2, 0) is 22.3 Å². The standard InChI is InChI=1S/C20H20F3N3O5/c1-3-31-18(27)12-25(11-14-4-9-17(26(29)30)13(2)10-14)19(28)24-16-7-5-15(6-8-16)20(21,22)23/h4-10H,3,11-12H2,1-2H3,(H,24,28). The van der Waals surface area contributed by atoms with Crippen molar-refractivity contribution in [3.05, 3.63) is 69.3 Å². The van der Waals surface area contributed by atoms with Crippen LogP contribution in [0.1, 0.15) is 23.6 Å². The maximum absolute atomic E-state index is 12.7. The molecule has 0 heterocycles. The summed E-state index contributed by atoms with van der Waals surface area (Å²) in [5, 5.41) is 13.4.